The van der Waals surface area contributed by atoms with E-state index >= 15 is 0 Å². The minimum atomic E-state index is 0.119. The van der Waals surface area contributed by atoms with Gasteiger partial charge in [-0.2, -0.15) is 0 Å². The molecule has 3 heteroatoms. The number of aldehydes is 1. The van der Waals surface area contributed by atoms with E-state index in [1.165, 1.54) is 0 Å². The zero-order valence-electron chi connectivity index (χ0n) is 8.49. The molecule has 0 unspecified atom stereocenters. The van der Waals surface area contributed by atoms with Crippen LogP contribution in [0.15, 0.2) is 11.8 Å². The van der Waals surface area contributed by atoms with Gasteiger partial charge in [0.05, 0.1) is 12.9 Å². The second kappa shape index (κ2) is 4.42. The van der Waals surface area contributed by atoms with E-state index in [4.69, 9.17) is 4.74 Å². The van der Waals surface area contributed by atoms with Crippen molar-refractivity contribution >= 4 is 6.29 Å². The number of methoxy groups -OCH3 is 1. The second-order valence-corrected chi connectivity index (χ2v) is 3.63. The van der Waals surface area contributed by atoms with E-state index in [-0.39, 0.29) is 12.0 Å². The summed E-state index contributed by atoms with van der Waals surface area (Å²) in [6.45, 7) is 0. The lowest BCUT2D eigenvalue weighted by Gasteiger charge is -2.30. The first-order chi connectivity index (χ1) is 6.19. The maximum absolute atomic E-state index is 10.8. The lowest BCUT2D eigenvalue weighted by molar-refractivity contribution is -0.112. The van der Waals surface area contributed by atoms with Gasteiger partial charge in [0, 0.05) is 18.4 Å². The number of carbonyl (C=O) groups is 1. The number of allylic oxidation sites excluding steroid dienone is 1. The van der Waals surface area contributed by atoms with Gasteiger partial charge in [0.15, 0.2) is 0 Å². The van der Waals surface area contributed by atoms with Crippen molar-refractivity contribution in [1.29, 1.82) is 0 Å². The van der Waals surface area contributed by atoms with Crippen molar-refractivity contribution < 1.29 is 9.53 Å². The molecular weight excluding hydrogens is 166 g/mol. The van der Waals surface area contributed by atoms with Gasteiger partial charge in [-0.1, -0.05) is 0 Å². The number of hydrogen-bond donors (Lipinski definition) is 0. The van der Waals surface area contributed by atoms with E-state index in [0.717, 1.165) is 24.9 Å². The van der Waals surface area contributed by atoms with Crippen LogP contribution < -0.4 is 0 Å². The van der Waals surface area contributed by atoms with Gasteiger partial charge in [-0.05, 0) is 26.6 Å². The number of hydrogen-bond acceptors (Lipinski definition) is 3. The Morgan fingerprint density at radius 3 is 2.77 bits per heavy atom. The fourth-order valence-electron chi connectivity index (χ4n) is 1.73. The Bertz CT molecular complexity index is 211. The molecule has 1 aliphatic carbocycles. The highest BCUT2D eigenvalue weighted by molar-refractivity contribution is 5.56. The summed E-state index contributed by atoms with van der Waals surface area (Å²) in [7, 11) is 5.65. The minimum Gasteiger partial charge on any atom is -0.501 e. The molecule has 0 aromatic carbocycles. The van der Waals surface area contributed by atoms with Crippen molar-refractivity contribution in [3.05, 3.63) is 11.8 Å². The van der Waals surface area contributed by atoms with E-state index in [0.29, 0.717) is 0 Å². The first-order valence-corrected chi connectivity index (χ1v) is 4.55. The maximum atomic E-state index is 10.8. The van der Waals surface area contributed by atoms with E-state index in [1.807, 2.05) is 20.2 Å². The zero-order valence-corrected chi connectivity index (χ0v) is 8.49. The Kier molecular flexibility index (Phi) is 3.48. The zero-order chi connectivity index (χ0) is 9.84. The normalized spacial score (nSPS) is 28.5. The molecule has 0 spiro atoms. The molecule has 0 N–H and O–H groups in total. The highest BCUT2D eigenvalue weighted by Crippen LogP contribution is 2.25. The molecule has 3 nitrogen and oxygen atoms in total. The molecule has 1 aliphatic rings. The summed E-state index contributed by atoms with van der Waals surface area (Å²) < 4.78 is 5.18. The number of rotatable bonds is 3. The summed E-state index contributed by atoms with van der Waals surface area (Å²) in [6.07, 6.45) is 4.87. The molecule has 0 bridgehead atoms. The highest BCUT2D eigenvalue weighted by Gasteiger charge is 2.26. The Hall–Kier alpha value is -0.830. The van der Waals surface area contributed by atoms with Gasteiger partial charge < -0.3 is 14.4 Å². The molecule has 0 radical (unpaired) electrons. The second-order valence-electron chi connectivity index (χ2n) is 3.63. The first kappa shape index (κ1) is 10.3. The third kappa shape index (κ3) is 2.31. The van der Waals surface area contributed by atoms with Crippen LogP contribution in [0.3, 0.4) is 0 Å². The summed E-state index contributed by atoms with van der Waals surface area (Å²) in [5.74, 6) is 1.12. The smallest absolute Gasteiger partial charge is 0.124 e. The molecule has 13 heavy (non-hydrogen) atoms. The summed E-state index contributed by atoms with van der Waals surface area (Å²) in [5, 5.41) is 0. The summed E-state index contributed by atoms with van der Waals surface area (Å²) in [4.78, 5) is 12.8. The monoisotopic (exact) mass is 183 g/mol. The Labute approximate surface area is 79.4 Å². The van der Waals surface area contributed by atoms with Gasteiger partial charge >= 0.3 is 0 Å². The number of carbonyl (C=O) groups excluding carboxylic acids is 1. The molecule has 0 amide bonds. The van der Waals surface area contributed by atoms with Crippen molar-refractivity contribution in [1.82, 2.24) is 4.90 Å². The molecule has 0 heterocycles. The van der Waals surface area contributed by atoms with Crippen molar-refractivity contribution in [2.45, 2.75) is 18.9 Å². The molecule has 0 aromatic heterocycles. The lowest BCUT2D eigenvalue weighted by Crippen LogP contribution is -2.37. The van der Waals surface area contributed by atoms with E-state index < -0.39 is 0 Å². The van der Waals surface area contributed by atoms with Crippen molar-refractivity contribution in [3.63, 3.8) is 0 Å². The van der Waals surface area contributed by atoms with Crippen LogP contribution >= 0.6 is 0 Å². The molecule has 74 valence electrons. The van der Waals surface area contributed by atoms with Crippen LogP contribution in [0.4, 0.5) is 0 Å². The van der Waals surface area contributed by atoms with E-state index in [9.17, 15) is 4.79 Å². The average molecular weight is 183 g/mol. The van der Waals surface area contributed by atoms with Gasteiger partial charge in [0.1, 0.15) is 6.29 Å². The molecule has 1 rings (SSSR count). The van der Waals surface area contributed by atoms with Crippen LogP contribution in [0.25, 0.3) is 0 Å². The predicted octanol–water partition coefficient (Wildman–Crippen LogP) is 1.06. The third-order valence-electron chi connectivity index (χ3n) is 2.55. The van der Waals surface area contributed by atoms with Crippen LogP contribution in [0, 0.1) is 5.92 Å². The van der Waals surface area contributed by atoms with Crippen LogP contribution in [0.5, 0.6) is 0 Å². The standard InChI is InChI=1S/C10H17NO2/c1-11(2)10-6-9(13-3)5-4-8(10)7-12/h6-8,10H,4-5H2,1-3H3/t8-,10-/m1/s1. The largest absolute Gasteiger partial charge is 0.501 e. The van der Waals surface area contributed by atoms with Gasteiger partial charge in [-0.25, -0.2) is 0 Å². The summed E-state index contributed by atoms with van der Waals surface area (Å²) >= 11 is 0. The fraction of sp³-hybridized carbons (Fsp3) is 0.700. The number of ether oxygens (including phenoxy) is 1. The summed E-state index contributed by atoms with van der Waals surface area (Å²) in [6, 6.07) is 0.196. The first-order valence-electron chi connectivity index (χ1n) is 4.55. The van der Waals surface area contributed by atoms with E-state index in [1.54, 1.807) is 7.11 Å². The molecule has 0 saturated carbocycles. The van der Waals surface area contributed by atoms with E-state index in [2.05, 4.69) is 4.90 Å². The Morgan fingerprint density at radius 2 is 2.31 bits per heavy atom. The lowest BCUT2D eigenvalue weighted by atomic mass is 9.89. The molecular formula is C10H17NO2. The van der Waals surface area contributed by atoms with Gasteiger partial charge in [-0.3, -0.25) is 0 Å². The summed E-state index contributed by atoms with van der Waals surface area (Å²) in [5.41, 5.74) is 0. The van der Waals surface area contributed by atoms with Crippen LogP contribution in [-0.4, -0.2) is 38.4 Å². The SMILES string of the molecule is COC1=C[C@@H](N(C)C)[C@@H](C=O)CC1. The molecule has 2 atom stereocenters. The third-order valence-corrected chi connectivity index (χ3v) is 2.55. The predicted molar refractivity (Wildman–Crippen MR) is 51.4 cm³/mol. The van der Waals surface area contributed by atoms with Gasteiger partial charge in [-0.15, -0.1) is 0 Å². The van der Waals surface area contributed by atoms with Crippen molar-refractivity contribution in [2.75, 3.05) is 21.2 Å². The van der Waals surface area contributed by atoms with Gasteiger partial charge in [0.25, 0.3) is 0 Å². The minimum absolute atomic E-state index is 0.119. The van der Waals surface area contributed by atoms with Gasteiger partial charge in [0.2, 0.25) is 0 Å². The average Bonchev–Trinajstić information content (AvgIpc) is 2.16. The number of nitrogens with zero attached hydrogens (tertiary/aromatic N) is 1. The Balaban J connectivity index is 2.76. The Morgan fingerprint density at radius 1 is 1.62 bits per heavy atom. The maximum Gasteiger partial charge on any atom is 0.124 e. The molecule has 0 aliphatic heterocycles. The molecule has 0 fully saturated rings. The number of likely N-dealkylation sites (N-methyl/N-ethyl adjacent to an activating group) is 1. The fourth-order valence-corrected chi connectivity index (χ4v) is 1.73. The van der Waals surface area contributed by atoms with Crippen molar-refractivity contribution in [2.24, 2.45) is 5.92 Å². The van der Waals surface area contributed by atoms with Crippen molar-refractivity contribution in [3.8, 4) is 0 Å². The molecule has 0 aromatic rings. The quantitative estimate of drug-likeness (QED) is 0.613. The van der Waals surface area contributed by atoms with Crippen LogP contribution in [-0.2, 0) is 9.53 Å². The van der Waals surface area contributed by atoms with Crippen LogP contribution in [0.1, 0.15) is 12.8 Å². The molecule has 0 saturated heterocycles. The topological polar surface area (TPSA) is 29.5 Å². The van der Waals surface area contributed by atoms with Crippen LogP contribution in [0.2, 0.25) is 0 Å². The highest BCUT2D eigenvalue weighted by atomic mass is 16.5.